The molecule has 0 aliphatic carbocycles. The number of primary amides is 1. The molecule has 2 rings (SSSR count). The van der Waals surface area contributed by atoms with E-state index in [1.807, 2.05) is 36.4 Å². The third-order valence-corrected chi connectivity index (χ3v) is 3.94. The van der Waals surface area contributed by atoms with Crippen LogP contribution < -0.4 is 20.5 Å². The van der Waals surface area contributed by atoms with Crippen LogP contribution in [0.1, 0.15) is 18.1 Å². The SMILES string of the molecule is CCOc1cc(/C=C(\C#N)C(=O)NCc2ccccc2)cc(Cl)c1OCC(N)=O. The number of carbonyl (C=O) groups excluding carboxylic acids is 2. The quantitative estimate of drug-likeness (QED) is 0.484. The van der Waals surface area contributed by atoms with E-state index in [1.165, 1.54) is 12.1 Å². The Hall–Kier alpha value is -3.50. The number of nitrogens with zero attached hydrogens (tertiary/aromatic N) is 1. The summed E-state index contributed by atoms with van der Waals surface area (Å²) in [6.45, 7) is 2.02. The molecule has 0 fully saturated rings. The van der Waals surface area contributed by atoms with Crippen molar-refractivity contribution in [2.45, 2.75) is 13.5 Å². The first-order valence-electron chi connectivity index (χ1n) is 8.76. The number of nitriles is 1. The van der Waals surface area contributed by atoms with Gasteiger partial charge in [0.15, 0.2) is 18.1 Å². The summed E-state index contributed by atoms with van der Waals surface area (Å²) in [7, 11) is 0. The molecule has 0 unspecified atom stereocenters. The van der Waals surface area contributed by atoms with E-state index in [4.69, 9.17) is 26.8 Å². The smallest absolute Gasteiger partial charge is 0.262 e. The third-order valence-electron chi connectivity index (χ3n) is 3.66. The van der Waals surface area contributed by atoms with Crippen molar-refractivity contribution in [2.24, 2.45) is 5.73 Å². The summed E-state index contributed by atoms with van der Waals surface area (Å²) in [6.07, 6.45) is 1.40. The van der Waals surface area contributed by atoms with Gasteiger partial charge in [0.25, 0.3) is 11.8 Å². The number of ether oxygens (including phenoxy) is 2. The van der Waals surface area contributed by atoms with E-state index in [2.05, 4.69) is 5.32 Å². The van der Waals surface area contributed by atoms with Crippen molar-refractivity contribution in [3.63, 3.8) is 0 Å². The van der Waals surface area contributed by atoms with Crippen molar-refractivity contribution in [1.29, 1.82) is 5.26 Å². The Balaban J connectivity index is 2.23. The molecular formula is C21H20ClN3O4. The number of rotatable bonds is 9. The maximum atomic E-state index is 12.3. The molecule has 0 heterocycles. The lowest BCUT2D eigenvalue weighted by Gasteiger charge is -2.13. The fraction of sp³-hybridized carbons (Fsp3) is 0.190. The standard InChI is InChI=1S/C21H20ClN3O4/c1-2-28-18-10-15(9-17(22)20(18)29-13-19(24)26)8-16(11-23)21(27)25-12-14-6-4-3-5-7-14/h3-10H,2,12-13H2,1H3,(H2,24,26)(H,25,27)/b16-8+. The van der Waals surface area contributed by atoms with Gasteiger partial charge in [-0.2, -0.15) is 5.26 Å². The summed E-state index contributed by atoms with van der Waals surface area (Å²) < 4.78 is 10.8. The summed E-state index contributed by atoms with van der Waals surface area (Å²) in [5, 5.41) is 12.2. The predicted molar refractivity (Wildman–Crippen MR) is 109 cm³/mol. The van der Waals surface area contributed by atoms with Gasteiger partial charge in [0, 0.05) is 6.54 Å². The van der Waals surface area contributed by atoms with E-state index in [1.54, 1.807) is 13.0 Å². The second-order valence-corrected chi connectivity index (χ2v) is 6.26. The van der Waals surface area contributed by atoms with Crippen LogP contribution >= 0.6 is 11.6 Å². The molecule has 7 nitrogen and oxygen atoms in total. The minimum atomic E-state index is -0.658. The highest BCUT2D eigenvalue weighted by atomic mass is 35.5. The monoisotopic (exact) mass is 413 g/mol. The van der Waals surface area contributed by atoms with Gasteiger partial charge >= 0.3 is 0 Å². The molecule has 8 heteroatoms. The van der Waals surface area contributed by atoms with Crippen LogP contribution in [0.4, 0.5) is 0 Å². The van der Waals surface area contributed by atoms with Crippen LogP contribution in [0.25, 0.3) is 6.08 Å². The van der Waals surface area contributed by atoms with Gasteiger partial charge in [-0.1, -0.05) is 41.9 Å². The Morgan fingerprint density at radius 2 is 1.97 bits per heavy atom. The summed E-state index contributed by atoms with van der Waals surface area (Å²) in [5.41, 5.74) is 6.38. The van der Waals surface area contributed by atoms with E-state index in [-0.39, 0.29) is 28.7 Å². The zero-order valence-corrected chi connectivity index (χ0v) is 16.5. The highest BCUT2D eigenvalue weighted by Gasteiger charge is 2.15. The molecule has 0 bridgehead atoms. The molecule has 0 aliphatic rings. The lowest BCUT2D eigenvalue weighted by atomic mass is 10.1. The topological polar surface area (TPSA) is 114 Å². The van der Waals surface area contributed by atoms with Crippen molar-refractivity contribution < 1.29 is 19.1 Å². The van der Waals surface area contributed by atoms with Crippen LogP contribution in [0.15, 0.2) is 48.0 Å². The van der Waals surface area contributed by atoms with Gasteiger partial charge in [-0.05, 0) is 36.3 Å². The van der Waals surface area contributed by atoms with E-state index >= 15 is 0 Å². The van der Waals surface area contributed by atoms with Crippen molar-refractivity contribution in [3.05, 3.63) is 64.2 Å². The Bertz CT molecular complexity index is 952. The number of hydrogen-bond donors (Lipinski definition) is 2. The number of nitrogens with one attached hydrogen (secondary N) is 1. The van der Waals surface area contributed by atoms with Crippen LogP contribution in [0, 0.1) is 11.3 Å². The van der Waals surface area contributed by atoms with E-state index < -0.39 is 11.8 Å². The number of amides is 2. The maximum Gasteiger partial charge on any atom is 0.262 e. The summed E-state index contributed by atoms with van der Waals surface area (Å²) in [5.74, 6) is -0.736. The molecule has 29 heavy (non-hydrogen) atoms. The normalized spacial score (nSPS) is 10.7. The maximum absolute atomic E-state index is 12.3. The molecule has 0 atom stereocenters. The number of hydrogen-bond acceptors (Lipinski definition) is 5. The zero-order valence-electron chi connectivity index (χ0n) is 15.8. The predicted octanol–water partition coefficient (Wildman–Crippen LogP) is 2.83. The highest BCUT2D eigenvalue weighted by molar-refractivity contribution is 6.32. The van der Waals surface area contributed by atoms with Crippen LogP contribution in [0.5, 0.6) is 11.5 Å². The van der Waals surface area contributed by atoms with Crippen LogP contribution in [-0.2, 0) is 16.1 Å². The summed E-state index contributed by atoms with van der Waals surface area (Å²) >= 11 is 6.23. The fourth-order valence-corrected chi connectivity index (χ4v) is 2.68. The fourth-order valence-electron chi connectivity index (χ4n) is 2.41. The Morgan fingerprint density at radius 1 is 1.24 bits per heavy atom. The number of carbonyl (C=O) groups is 2. The molecule has 0 radical (unpaired) electrons. The number of halogens is 1. The molecule has 0 saturated carbocycles. The van der Waals surface area contributed by atoms with Gasteiger partial charge in [0.2, 0.25) is 0 Å². The molecule has 0 aliphatic heterocycles. The van der Waals surface area contributed by atoms with Gasteiger partial charge in [0.05, 0.1) is 11.6 Å². The summed E-state index contributed by atoms with van der Waals surface area (Å²) in [4.78, 5) is 23.3. The highest BCUT2D eigenvalue weighted by Crippen LogP contribution is 2.37. The van der Waals surface area contributed by atoms with E-state index in [9.17, 15) is 14.9 Å². The lowest BCUT2D eigenvalue weighted by molar-refractivity contribution is -0.120. The van der Waals surface area contributed by atoms with Crippen LogP contribution in [0.2, 0.25) is 5.02 Å². The second-order valence-electron chi connectivity index (χ2n) is 5.86. The first-order valence-corrected chi connectivity index (χ1v) is 9.13. The zero-order chi connectivity index (χ0) is 21.2. The van der Waals surface area contributed by atoms with Gasteiger partial charge in [-0.25, -0.2) is 0 Å². The second kappa shape index (κ2) is 10.7. The molecule has 2 aromatic rings. The molecule has 3 N–H and O–H groups in total. The molecule has 0 aromatic heterocycles. The van der Waals surface area contributed by atoms with Gasteiger partial charge in [-0.15, -0.1) is 0 Å². The molecular weight excluding hydrogens is 394 g/mol. The van der Waals surface area contributed by atoms with Crippen LogP contribution in [0.3, 0.4) is 0 Å². The molecule has 2 amide bonds. The van der Waals surface area contributed by atoms with Crippen molar-refractivity contribution in [1.82, 2.24) is 5.32 Å². The Morgan fingerprint density at radius 3 is 2.59 bits per heavy atom. The molecule has 0 spiro atoms. The van der Waals surface area contributed by atoms with Crippen molar-refractivity contribution in [3.8, 4) is 17.6 Å². The van der Waals surface area contributed by atoms with E-state index in [0.717, 1.165) is 5.56 Å². The average molecular weight is 414 g/mol. The number of nitrogens with two attached hydrogens (primary N) is 1. The first-order chi connectivity index (χ1) is 13.9. The van der Waals surface area contributed by atoms with Crippen molar-refractivity contribution >= 4 is 29.5 Å². The summed E-state index contributed by atoms with van der Waals surface area (Å²) in [6, 6.07) is 14.3. The van der Waals surface area contributed by atoms with Gasteiger partial charge in [0.1, 0.15) is 11.6 Å². The first kappa shape index (κ1) is 21.8. The minimum absolute atomic E-state index is 0.0924. The molecule has 0 saturated heterocycles. The Kier molecular flexibility index (Phi) is 8.07. The van der Waals surface area contributed by atoms with Gasteiger partial charge in [-0.3, -0.25) is 9.59 Å². The molecule has 2 aromatic carbocycles. The lowest BCUT2D eigenvalue weighted by Crippen LogP contribution is -2.23. The minimum Gasteiger partial charge on any atom is -0.490 e. The van der Waals surface area contributed by atoms with Crippen LogP contribution in [-0.4, -0.2) is 25.0 Å². The molecule has 150 valence electrons. The van der Waals surface area contributed by atoms with E-state index in [0.29, 0.717) is 18.7 Å². The average Bonchev–Trinajstić information content (AvgIpc) is 2.70. The third kappa shape index (κ3) is 6.55. The van der Waals surface area contributed by atoms with Gasteiger partial charge < -0.3 is 20.5 Å². The Labute approximate surface area is 173 Å². The largest absolute Gasteiger partial charge is 0.490 e. The number of benzene rings is 2. The van der Waals surface area contributed by atoms with Crippen molar-refractivity contribution in [2.75, 3.05) is 13.2 Å².